The molecular formula is C33H37N5O6. The van der Waals surface area contributed by atoms with E-state index in [2.05, 4.69) is 11.6 Å². The van der Waals surface area contributed by atoms with Crippen molar-refractivity contribution < 1.29 is 29.0 Å². The average molecular weight is 600 g/mol. The summed E-state index contributed by atoms with van der Waals surface area (Å²) < 4.78 is 11.1. The standard InChI is InChI=1S/C33H37N5O6/c1-4-18-36-22-31(41)37-27(19-23-11-14-26(39)15-12-23)33(42)35(20-24-8-7-10-28(43-2)32(24)44-3)21-29(37)38(36)30(40)16-13-25-9-5-6-17-34-25/h4-12,14-15,17,27,29,39H,1,13,16,18-22H2,2-3H3/t27-,29-/m0/s1. The summed E-state index contributed by atoms with van der Waals surface area (Å²) in [5.41, 5.74) is 2.29. The summed E-state index contributed by atoms with van der Waals surface area (Å²) in [6.45, 7) is 4.34. The van der Waals surface area contributed by atoms with Crippen LogP contribution in [0.15, 0.2) is 79.5 Å². The molecule has 0 bridgehead atoms. The summed E-state index contributed by atoms with van der Waals surface area (Å²) in [7, 11) is 3.10. The third-order valence-electron chi connectivity index (χ3n) is 7.96. The monoisotopic (exact) mass is 599 g/mol. The number of carbonyl (C=O) groups is 3. The lowest BCUT2D eigenvalue weighted by Crippen LogP contribution is -2.75. The number of hydrazine groups is 1. The molecule has 0 saturated carbocycles. The van der Waals surface area contributed by atoms with E-state index in [0.717, 1.165) is 16.8 Å². The van der Waals surface area contributed by atoms with Crippen LogP contribution >= 0.6 is 0 Å². The Morgan fingerprint density at radius 3 is 2.55 bits per heavy atom. The molecule has 230 valence electrons. The van der Waals surface area contributed by atoms with Gasteiger partial charge in [-0.25, -0.2) is 10.0 Å². The molecule has 11 heteroatoms. The maximum atomic E-state index is 14.2. The van der Waals surface area contributed by atoms with E-state index >= 15 is 0 Å². The predicted molar refractivity (Wildman–Crippen MR) is 162 cm³/mol. The van der Waals surface area contributed by atoms with Crippen molar-refractivity contribution in [2.45, 2.75) is 38.0 Å². The number of rotatable bonds is 11. The minimum atomic E-state index is -0.876. The number of benzene rings is 2. The van der Waals surface area contributed by atoms with Gasteiger partial charge in [-0.15, -0.1) is 6.58 Å². The summed E-state index contributed by atoms with van der Waals surface area (Å²) in [6, 6.07) is 16.7. The van der Waals surface area contributed by atoms with E-state index in [1.165, 1.54) is 0 Å². The zero-order valence-electron chi connectivity index (χ0n) is 25.0. The molecule has 3 amide bonds. The Bertz CT molecular complexity index is 1500. The van der Waals surface area contributed by atoms with Crippen LogP contribution in [0.1, 0.15) is 23.2 Å². The summed E-state index contributed by atoms with van der Waals surface area (Å²) >= 11 is 0. The molecule has 2 fully saturated rings. The van der Waals surface area contributed by atoms with Crippen molar-refractivity contribution >= 4 is 17.7 Å². The highest BCUT2D eigenvalue weighted by atomic mass is 16.5. The van der Waals surface area contributed by atoms with Crippen molar-refractivity contribution in [2.75, 3.05) is 33.9 Å². The number of carbonyl (C=O) groups excluding carboxylic acids is 3. The number of para-hydroxylation sites is 1. The van der Waals surface area contributed by atoms with Gasteiger partial charge < -0.3 is 24.4 Å². The average Bonchev–Trinajstić information content (AvgIpc) is 3.03. The molecule has 0 radical (unpaired) electrons. The number of fused-ring (bicyclic) bond motifs is 1. The van der Waals surface area contributed by atoms with Gasteiger partial charge in [0, 0.05) is 43.4 Å². The number of aryl methyl sites for hydroxylation is 1. The summed E-state index contributed by atoms with van der Waals surface area (Å²) in [5, 5.41) is 13.2. The van der Waals surface area contributed by atoms with Crippen LogP contribution < -0.4 is 9.47 Å². The Kier molecular flexibility index (Phi) is 9.44. The predicted octanol–water partition coefficient (Wildman–Crippen LogP) is 2.79. The molecule has 2 saturated heterocycles. The number of hydrogen-bond acceptors (Lipinski definition) is 8. The lowest BCUT2D eigenvalue weighted by Gasteiger charge is -2.55. The van der Waals surface area contributed by atoms with Crippen molar-refractivity contribution in [1.29, 1.82) is 0 Å². The highest BCUT2D eigenvalue weighted by molar-refractivity contribution is 5.92. The number of phenolic OH excluding ortho intramolecular Hbond substituents is 1. The molecule has 3 heterocycles. The molecule has 2 aromatic carbocycles. The molecule has 0 unspecified atom stereocenters. The highest BCUT2D eigenvalue weighted by Crippen LogP contribution is 2.34. The molecule has 0 spiro atoms. The van der Waals surface area contributed by atoms with Gasteiger partial charge >= 0.3 is 0 Å². The largest absolute Gasteiger partial charge is 0.508 e. The molecule has 1 aromatic heterocycles. The second-order valence-electron chi connectivity index (χ2n) is 10.7. The summed E-state index contributed by atoms with van der Waals surface area (Å²) in [6.07, 6.45) is 3.41. The van der Waals surface area contributed by atoms with Crippen LogP contribution in [0.4, 0.5) is 0 Å². The van der Waals surface area contributed by atoms with Crippen LogP contribution in [-0.2, 0) is 33.8 Å². The fraction of sp³-hybridized carbons (Fsp3) is 0.333. The van der Waals surface area contributed by atoms with E-state index in [1.807, 2.05) is 30.3 Å². The van der Waals surface area contributed by atoms with Crippen LogP contribution in [0.2, 0.25) is 0 Å². The summed E-state index contributed by atoms with van der Waals surface area (Å²) in [4.78, 5) is 49.5. The molecule has 44 heavy (non-hydrogen) atoms. The quantitative estimate of drug-likeness (QED) is 0.335. The van der Waals surface area contributed by atoms with E-state index in [4.69, 9.17) is 9.47 Å². The first kappa shape index (κ1) is 30.6. The van der Waals surface area contributed by atoms with Gasteiger partial charge in [0.05, 0.1) is 27.3 Å². The van der Waals surface area contributed by atoms with Gasteiger partial charge in [-0.05, 0) is 42.3 Å². The zero-order chi connectivity index (χ0) is 31.2. The van der Waals surface area contributed by atoms with Gasteiger partial charge in [-0.2, -0.15) is 0 Å². The Hall–Kier alpha value is -4.90. The fourth-order valence-electron chi connectivity index (χ4n) is 5.94. The maximum Gasteiger partial charge on any atom is 0.246 e. The molecule has 2 aliphatic heterocycles. The first-order chi connectivity index (χ1) is 21.3. The van der Waals surface area contributed by atoms with Crippen molar-refractivity contribution in [3.05, 3.63) is 96.3 Å². The third-order valence-corrected chi connectivity index (χ3v) is 7.96. The number of ether oxygens (including phenoxy) is 2. The maximum absolute atomic E-state index is 14.2. The van der Waals surface area contributed by atoms with Gasteiger partial charge in [0.25, 0.3) is 0 Å². The van der Waals surface area contributed by atoms with Gasteiger partial charge in [-0.1, -0.05) is 36.4 Å². The van der Waals surface area contributed by atoms with Crippen LogP contribution in [0, 0.1) is 0 Å². The van der Waals surface area contributed by atoms with E-state index < -0.39 is 12.2 Å². The molecule has 1 N–H and O–H groups in total. The van der Waals surface area contributed by atoms with Gasteiger partial charge in [-0.3, -0.25) is 19.4 Å². The Morgan fingerprint density at radius 2 is 1.86 bits per heavy atom. The first-order valence-electron chi connectivity index (χ1n) is 14.5. The second-order valence-corrected chi connectivity index (χ2v) is 10.7. The Balaban J connectivity index is 1.52. The van der Waals surface area contributed by atoms with Gasteiger partial charge in [0.1, 0.15) is 18.0 Å². The van der Waals surface area contributed by atoms with E-state index in [1.54, 1.807) is 76.6 Å². The number of methoxy groups -OCH3 is 2. The highest BCUT2D eigenvalue weighted by Gasteiger charge is 2.51. The molecule has 11 nitrogen and oxygen atoms in total. The smallest absolute Gasteiger partial charge is 0.246 e. The van der Waals surface area contributed by atoms with Gasteiger partial charge in [0.15, 0.2) is 11.5 Å². The van der Waals surface area contributed by atoms with Crippen molar-refractivity contribution in [3.8, 4) is 17.2 Å². The zero-order valence-corrected chi connectivity index (χ0v) is 25.0. The van der Waals surface area contributed by atoms with Crippen LogP contribution in [-0.4, -0.2) is 93.7 Å². The molecule has 5 rings (SSSR count). The molecule has 0 aliphatic carbocycles. The summed E-state index contributed by atoms with van der Waals surface area (Å²) in [5.74, 6) is 0.473. The minimum absolute atomic E-state index is 0.0685. The number of piperazine rings is 1. The molecule has 2 atom stereocenters. The lowest BCUT2D eigenvalue weighted by atomic mass is 9.98. The van der Waals surface area contributed by atoms with E-state index in [-0.39, 0.29) is 62.5 Å². The van der Waals surface area contributed by atoms with Crippen molar-refractivity contribution in [2.24, 2.45) is 0 Å². The topological polar surface area (TPSA) is 116 Å². The number of aromatic nitrogens is 1. The number of nitrogens with zero attached hydrogens (tertiary/aromatic N) is 5. The second kappa shape index (κ2) is 13.6. The normalized spacial score (nSPS) is 18.6. The van der Waals surface area contributed by atoms with Crippen LogP contribution in [0.5, 0.6) is 17.2 Å². The lowest BCUT2D eigenvalue weighted by molar-refractivity contribution is -0.205. The van der Waals surface area contributed by atoms with Crippen molar-refractivity contribution in [1.82, 2.24) is 24.8 Å². The van der Waals surface area contributed by atoms with E-state index in [9.17, 15) is 19.5 Å². The molecular weight excluding hydrogens is 562 g/mol. The fourth-order valence-corrected chi connectivity index (χ4v) is 5.94. The molecule has 3 aromatic rings. The van der Waals surface area contributed by atoms with Gasteiger partial charge in [0.2, 0.25) is 17.7 Å². The minimum Gasteiger partial charge on any atom is -0.508 e. The Labute approximate surface area is 256 Å². The van der Waals surface area contributed by atoms with Crippen LogP contribution in [0.25, 0.3) is 0 Å². The van der Waals surface area contributed by atoms with Crippen molar-refractivity contribution in [3.63, 3.8) is 0 Å². The molecule has 2 aliphatic rings. The Morgan fingerprint density at radius 1 is 1.07 bits per heavy atom. The third kappa shape index (κ3) is 6.37. The number of aromatic hydroxyl groups is 1. The van der Waals surface area contributed by atoms with Crippen LogP contribution in [0.3, 0.4) is 0 Å². The number of amides is 3. The van der Waals surface area contributed by atoms with E-state index in [0.29, 0.717) is 17.9 Å². The number of phenols is 1. The number of hydrogen-bond donors (Lipinski definition) is 1. The SMILES string of the molecule is C=CCN1CC(=O)N2[C@@H](Cc3ccc(O)cc3)C(=O)N(Cc3cccc(OC)c3OC)C[C@@H]2N1C(=O)CCc1ccccn1. The first-order valence-corrected chi connectivity index (χ1v) is 14.5. The number of pyridine rings is 1.